The van der Waals surface area contributed by atoms with Gasteiger partial charge in [0.25, 0.3) is 5.56 Å². The molecule has 0 aromatic carbocycles. The second-order valence-corrected chi connectivity index (χ2v) is 3.59. The van der Waals surface area contributed by atoms with Crippen LogP contribution in [0.15, 0.2) is 23.1 Å². The molecule has 0 atom stereocenters. The maximum absolute atomic E-state index is 11.7. The smallest absolute Gasteiger partial charge is 0.290 e. The predicted molar refractivity (Wildman–Crippen MR) is 60.7 cm³/mol. The highest BCUT2D eigenvalue weighted by atomic mass is 16.1. The molecule has 6 nitrogen and oxygen atoms in total. The minimum atomic E-state index is -0.175. The van der Waals surface area contributed by atoms with Crippen LogP contribution in [0.5, 0.6) is 0 Å². The van der Waals surface area contributed by atoms with E-state index >= 15 is 0 Å². The van der Waals surface area contributed by atoms with Crippen molar-refractivity contribution >= 4 is 11.5 Å². The van der Waals surface area contributed by atoms with Crippen LogP contribution in [0.1, 0.15) is 5.69 Å². The monoisotopic (exact) mass is 219 g/mol. The summed E-state index contributed by atoms with van der Waals surface area (Å²) in [7, 11) is 3.46. The summed E-state index contributed by atoms with van der Waals surface area (Å²) in [6.07, 6.45) is 1.57. The molecular weight excluding hydrogens is 206 g/mol. The molecule has 6 heteroatoms. The minimum Gasteiger partial charge on any atom is -0.334 e. The molecule has 0 aliphatic rings. The number of anilines is 2. The van der Waals surface area contributed by atoms with Crippen molar-refractivity contribution in [3.05, 3.63) is 34.4 Å². The van der Waals surface area contributed by atoms with Crippen LogP contribution in [0.4, 0.5) is 11.5 Å². The molecule has 2 aromatic rings. The van der Waals surface area contributed by atoms with Crippen LogP contribution in [0.25, 0.3) is 0 Å². The van der Waals surface area contributed by atoms with Crippen molar-refractivity contribution in [2.75, 3.05) is 5.32 Å². The van der Waals surface area contributed by atoms with E-state index in [0.29, 0.717) is 11.5 Å². The van der Waals surface area contributed by atoms with Crippen molar-refractivity contribution in [1.82, 2.24) is 19.6 Å². The third-order valence-electron chi connectivity index (χ3n) is 2.38. The lowest BCUT2D eigenvalue weighted by Gasteiger charge is -2.02. The Balaban J connectivity index is 2.34. The second-order valence-electron chi connectivity index (χ2n) is 3.59. The van der Waals surface area contributed by atoms with Gasteiger partial charge in [-0.15, -0.1) is 0 Å². The van der Waals surface area contributed by atoms with Gasteiger partial charge in [-0.05, 0) is 13.0 Å². The molecule has 1 N–H and O–H groups in total. The molecule has 0 spiro atoms. The van der Waals surface area contributed by atoms with Gasteiger partial charge in [-0.25, -0.2) is 4.68 Å². The van der Waals surface area contributed by atoms with Crippen molar-refractivity contribution in [3.8, 4) is 0 Å². The van der Waals surface area contributed by atoms with E-state index in [-0.39, 0.29) is 5.56 Å². The summed E-state index contributed by atoms with van der Waals surface area (Å²) in [5.74, 6) is 0.656. The molecule has 2 aromatic heterocycles. The van der Waals surface area contributed by atoms with Crippen LogP contribution in [-0.2, 0) is 14.1 Å². The molecule has 0 saturated heterocycles. The lowest BCUT2D eigenvalue weighted by atomic mass is 10.4. The van der Waals surface area contributed by atoms with E-state index in [1.165, 1.54) is 4.68 Å². The molecule has 0 bridgehead atoms. The molecule has 0 radical (unpaired) electrons. The SMILES string of the molecule is Cc1cc(Nc2ccnn(C)c2=O)nn1C. The highest BCUT2D eigenvalue weighted by Crippen LogP contribution is 2.11. The van der Waals surface area contributed by atoms with E-state index in [2.05, 4.69) is 15.5 Å². The molecule has 0 unspecified atom stereocenters. The average molecular weight is 219 g/mol. The van der Waals surface area contributed by atoms with Gasteiger partial charge in [-0.3, -0.25) is 9.48 Å². The first-order chi connectivity index (χ1) is 7.58. The van der Waals surface area contributed by atoms with Gasteiger partial charge >= 0.3 is 0 Å². The summed E-state index contributed by atoms with van der Waals surface area (Å²) in [6.45, 7) is 1.95. The summed E-state index contributed by atoms with van der Waals surface area (Å²) >= 11 is 0. The molecule has 2 rings (SSSR count). The Labute approximate surface area is 92.5 Å². The van der Waals surface area contributed by atoms with Crippen molar-refractivity contribution < 1.29 is 0 Å². The molecule has 84 valence electrons. The Morgan fingerprint density at radius 1 is 1.31 bits per heavy atom. The van der Waals surface area contributed by atoms with Gasteiger partial charge in [0.1, 0.15) is 5.69 Å². The molecule has 0 amide bonds. The number of rotatable bonds is 2. The Morgan fingerprint density at radius 2 is 2.06 bits per heavy atom. The van der Waals surface area contributed by atoms with Crippen LogP contribution in [0.3, 0.4) is 0 Å². The van der Waals surface area contributed by atoms with Gasteiger partial charge in [-0.2, -0.15) is 10.2 Å². The quantitative estimate of drug-likeness (QED) is 0.801. The van der Waals surface area contributed by atoms with Crippen LogP contribution in [0.2, 0.25) is 0 Å². The van der Waals surface area contributed by atoms with Gasteiger partial charge in [0.05, 0.1) is 0 Å². The van der Waals surface area contributed by atoms with Crippen LogP contribution < -0.4 is 10.9 Å². The maximum Gasteiger partial charge on any atom is 0.290 e. The lowest BCUT2D eigenvalue weighted by molar-refractivity contribution is 0.709. The molecule has 16 heavy (non-hydrogen) atoms. The largest absolute Gasteiger partial charge is 0.334 e. The van der Waals surface area contributed by atoms with Crippen molar-refractivity contribution in [3.63, 3.8) is 0 Å². The zero-order valence-electron chi connectivity index (χ0n) is 9.43. The van der Waals surface area contributed by atoms with E-state index < -0.39 is 0 Å². The standard InChI is InChI=1S/C10H13N5O/c1-7-6-9(13-14(7)2)12-8-4-5-11-15(3)10(8)16/h4-6H,1-3H3,(H,12,13). The fourth-order valence-electron chi connectivity index (χ4n) is 1.36. The van der Waals surface area contributed by atoms with E-state index in [4.69, 9.17) is 0 Å². The van der Waals surface area contributed by atoms with E-state index in [9.17, 15) is 4.79 Å². The Hall–Kier alpha value is -2.11. The summed E-state index contributed by atoms with van der Waals surface area (Å²) in [6, 6.07) is 3.51. The summed E-state index contributed by atoms with van der Waals surface area (Å²) < 4.78 is 3.02. The lowest BCUT2D eigenvalue weighted by Crippen LogP contribution is -2.21. The molecular formula is C10H13N5O. The van der Waals surface area contributed by atoms with E-state index in [1.807, 2.05) is 20.0 Å². The first-order valence-corrected chi connectivity index (χ1v) is 4.88. The van der Waals surface area contributed by atoms with Gasteiger partial charge in [0.2, 0.25) is 0 Å². The summed E-state index contributed by atoms with van der Waals surface area (Å²) in [5.41, 5.74) is 1.31. The predicted octanol–water partition coefficient (Wildman–Crippen LogP) is 0.566. The minimum absolute atomic E-state index is 0.175. The topological polar surface area (TPSA) is 64.7 Å². The van der Waals surface area contributed by atoms with Crippen molar-refractivity contribution in [2.45, 2.75) is 6.92 Å². The number of aromatic nitrogens is 4. The van der Waals surface area contributed by atoms with Gasteiger partial charge in [-0.1, -0.05) is 0 Å². The fraction of sp³-hybridized carbons (Fsp3) is 0.300. The van der Waals surface area contributed by atoms with Gasteiger partial charge in [0.15, 0.2) is 5.82 Å². The molecule has 0 saturated carbocycles. The number of nitrogens with zero attached hydrogens (tertiary/aromatic N) is 4. The summed E-state index contributed by atoms with van der Waals surface area (Å²) in [5, 5.41) is 11.0. The van der Waals surface area contributed by atoms with Crippen molar-refractivity contribution in [1.29, 1.82) is 0 Å². The molecule has 2 heterocycles. The molecule has 0 aliphatic carbocycles. The number of aryl methyl sites for hydroxylation is 3. The maximum atomic E-state index is 11.7. The average Bonchev–Trinajstić information content (AvgIpc) is 2.54. The first kappa shape index (κ1) is 10.4. The van der Waals surface area contributed by atoms with Gasteiger partial charge in [0, 0.05) is 32.1 Å². The third kappa shape index (κ3) is 1.81. The molecule has 0 fully saturated rings. The van der Waals surface area contributed by atoms with Gasteiger partial charge < -0.3 is 5.32 Å². The second kappa shape index (κ2) is 3.80. The van der Waals surface area contributed by atoms with Crippen LogP contribution >= 0.6 is 0 Å². The third-order valence-corrected chi connectivity index (χ3v) is 2.38. The van der Waals surface area contributed by atoms with Crippen LogP contribution in [-0.4, -0.2) is 19.6 Å². The highest BCUT2D eigenvalue weighted by Gasteiger charge is 2.05. The first-order valence-electron chi connectivity index (χ1n) is 4.88. The van der Waals surface area contributed by atoms with Crippen LogP contribution in [0, 0.1) is 6.92 Å². The summed E-state index contributed by atoms with van der Waals surface area (Å²) in [4.78, 5) is 11.7. The Morgan fingerprint density at radius 3 is 2.69 bits per heavy atom. The Kier molecular flexibility index (Phi) is 2.47. The van der Waals surface area contributed by atoms with Crippen molar-refractivity contribution in [2.24, 2.45) is 14.1 Å². The van der Waals surface area contributed by atoms with E-state index in [0.717, 1.165) is 5.69 Å². The number of hydrogen-bond donors (Lipinski definition) is 1. The zero-order chi connectivity index (χ0) is 11.7. The highest BCUT2D eigenvalue weighted by molar-refractivity contribution is 5.54. The fourth-order valence-corrected chi connectivity index (χ4v) is 1.36. The Bertz CT molecular complexity index is 549. The van der Waals surface area contributed by atoms with E-state index in [1.54, 1.807) is 24.0 Å². The zero-order valence-corrected chi connectivity index (χ0v) is 9.43. The number of nitrogens with one attached hydrogen (secondary N) is 1. The number of hydrogen-bond acceptors (Lipinski definition) is 4. The molecule has 0 aliphatic heterocycles. The normalized spacial score (nSPS) is 10.4.